The lowest BCUT2D eigenvalue weighted by molar-refractivity contribution is -0.385. The summed E-state index contributed by atoms with van der Waals surface area (Å²) < 4.78 is 42.8. The van der Waals surface area contributed by atoms with E-state index in [0.717, 1.165) is 12.1 Å². The maximum absolute atomic E-state index is 12.6. The van der Waals surface area contributed by atoms with Crippen LogP contribution in [0.3, 0.4) is 0 Å². The van der Waals surface area contributed by atoms with Crippen molar-refractivity contribution in [2.75, 3.05) is 19.0 Å². The Kier molecular flexibility index (Phi) is 6.53. The summed E-state index contributed by atoms with van der Waals surface area (Å²) in [6, 6.07) is 8.52. The van der Waals surface area contributed by atoms with Crippen LogP contribution in [0.1, 0.15) is 11.1 Å². The summed E-state index contributed by atoms with van der Waals surface area (Å²) in [5.74, 6) is -0.534. The third-order valence-electron chi connectivity index (χ3n) is 3.45. The van der Waals surface area contributed by atoms with Gasteiger partial charge in [-0.3, -0.25) is 14.9 Å². The molecule has 0 aromatic heterocycles. The number of benzene rings is 2. The standard InChI is InChI=1S/C17H15F3N4O4/c1-28-15-6-5-11(7-14(15)24(26)27)9-22-23-16(25)10-21-13-4-2-3-12(8-13)17(18,19)20/h2-9,21H,10H2,1H3,(H,23,25)/b22-9-. The van der Waals surface area contributed by atoms with E-state index in [2.05, 4.69) is 15.8 Å². The number of anilines is 1. The molecule has 0 aliphatic rings. The summed E-state index contributed by atoms with van der Waals surface area (Å²) in [7, 11) is 1.30. The zero-order chi connectivity index (χ0) is 20.7. The van der Waals surface area contributed by atoms with E-state index in [9.17, 15) is 28.1 Å². The van der Waals surface area contributed by atoms with Crippen molar-refractivity contribution in [2.45, 2.75) is 6.18 Å². The van der Waals surface area contributed by atoms with Gasteiger partial charge in [-0.25, -0.2) is 5.43 Å². The number of halogens is 3. The van der Waals surface area contributed by atoms with E-state index in [4.69, 9.17) is 4.74 Å². The number of carbonyl (C=O) groups is 1. The minimum atomic E-state index is -4.48. The third-order valence-corrected chi connectivity index (χ3v) is 3.45. The monoisotopic (exact) mass is 396 g/mol. The predicted octanol–water partition coefficient (Wildman–Crippen LogP) is 3.18. The van der Waals surface area contributed by atoms with Gasteiger partial charge in [-0.15, -0.1) is 0 Å². The lowest BCUT2D eigenvalue weighted by Gasteiger charge is -2.10. The highest BCUT2D eigenvalue weighted by Gasteiger charge is 2.30. The van der Waals surface area contributed by atoms with E-state index in [1.165, 1.54) is 43.7 Å². The molecular weight excluding hydrogens is 381 g/mol. The Hall–Kier alpha value is -3.63. The van der Waals surface area contributed by atoms with E-state index in [0.29, 0.717) is 5.56 Å². The van der Waals surface area contributed by atoms with Crippen molar-refractivity contribution in [3.05, 3.63) is 63.7 Å². The molecule has 0 aliphatic carbocycles. The first-order valence-corrected chi connectivity index (χ1v) is 7.76. The quantitative estimate of drug-likeness (QED) is 0.425. The van der Waals surface area contributed by atoms with Crippen LogP contribution < -0.4 is 15.5 Å². The van der Waals surface area contributed by atoms with Gasteiger partial charge in [0.2, 0.25) is 0 Å². The number of nitrogens with one attached hydrogen (secondary N) is 2. The van der Waals surface area contributed by atoms with E-state index in [1.807, 2.05) is 0 Å². The van der Waals surface area contributed by atoms with Crippen molar-refractivity contribution in [3.8, 4) is 5.75 Å². The molecule has 0 saturated carbocycles. The summed E-state index contributed by atoms with van der Waals surface area (Å²) >= 11 is 0. The number of ether oxygens (including phenoxy) is 1. The molecule has 2 aromatic rings. The molecule has 0 heterocycles. The highest BCUT2D eigenvalue weighted by atomic mass is 19.4. The third kappa shape index (κ3) is 5.69. The number of nitro benzene ring substituents is 1. The molecule has 0 radical (unpaired) electrons. The fourth-order valence-corrected chi connectivity index (χ4v) is 2.14. The number of nitro groups is 1. The van der Waals surface area contributed by atoms with Crippen molar-refractivity contribution in [3.63, 3.8) is 0 Å². The van der Waals surface area contributed by atoms with E-state index < -0.39 is 22.6 Å². The molecule has 0 spiro atoms. The summed E-state index contributed by atoms with van der Waals surface area (Å²) in [4.78, 5) is 22.1. The lowest BCUT2D eigenvalue weighted by atomic mass is 10.2. The van der Waals surface area contributed by atoms with Crippen LogP contribution in [0.25, 0.3) is 0 Å². The Morgan fingerprint density at radius 2 is 2.04 bits per heavy atom. The molecule has 1 amide bonds. The summed E-state index contributed by atoms with van der Waals surface area (Å²) in [5, 5.41) is 17.2. The molecular formula is C17H15F3N4O4. The Labute approximate surface area is 157 Å². The molecule has 8 nitrogen and oxygen atoms in total. The first kappa shape index (κ1) is 20.7. The van der Waals surface area contributed by atoms with Crippen LogP contribution in [0, 0.1) is 10.1 Å². The van der Waals surface area contributed by atoms with Gasteiger partial charge in [0.25, 0.3) is 5.91 Å². The fraction of sp³-hybridized carbons (Fsp3) is 0.176. The Bertz CT molecular complexity index is 900. The number of alkyl halides is 3. The van der Waals surface area contributed by atoms with Gasteiger partial charge in [0.15, 0.2) is 5.75 Å². The van der Waals surface area contributed by atoms with Gasteiger partial charge in [0.1, 0.15) is 0 Å². The van der Waals surface area contributed by atoms with Gasteiger partial charge in [-0.2, -0.15) is 18.3 Å². The van der Waals surface area contributed by atoms with Crippen molar-refractivity contribution in [1.29, 1.82) is 0 Å². The van der Waals surface area contributed by atoms with Gasteiger partial charge in [-0.05, 0) is 30.3 Å². The predicted molar refractivity (Wildman–Crippen MR) is 95.3 cm³/mol. The van der Waals surface area contributed by atoms with Crippen molar-refractivity contribution < 1.29 is 27.6 Å². The van der Waals surface area contributed by atoms with Gasteiger partial charge in [-0.1, -0.05) is 6.07 Å². The van der Waals surface area contributed by atoms with Crippen LogP contribution in [0.15, 0.2) is 47.6 Å². The Morgan fingerprint density at radius 3 is 2.68 bits per heavy atom. The minimum absolute atomic E-state index is 0.0801. The normalized spacial score (nSPS) is 11.3. The van der Waals surface area contributed by atoms with Crippen LogP contribution >= 0.6 is 0 Å². The van der Waals surface area contributed by atoms with Gasteiger partial charge >= 0.3 is 11.9 Å². The molecule has 2 N–H and O–H groups in total. The highest BCUT2D eigenvalue weighted by Crippen LogP contribution is 2.30. The molecule has 2 aromatic carbocycles. The maximum atomic E-state index is 12.6. The molecule has 0 saturated heterocycles. The zero-order valence-electron chi connectivity index (χ0n) is 14.5. The smallest absolute Gasteiger partial charge is 0.416 e. The molecule has 0 aliphatic heterocycles. The Balaban J connectivity index is 1.92. The van der Waals surface area contributed by atoms with E-state index in [1.54, 1.807) is 0 Å². The molecule has 0 atom stereocenters. The second-order valence-electron chi connectivity index (χ2n) is 5.41. The maximum Gasteiger partial charge on any atom is 0.416 e. The first-order chi connectivity index (χ1) is 13.2. The van der Waals surface area contributed by atoms with Crippen molar-refractivity contribution in [2.24, 2.45) is 5.10 Å². The van der Waals surface area contributed by atoms with Crippen LogP contribution in [0.5, 0.6) is 5.75 Å². The summed E-state index contributed by atoms with van der Waals surface area (Å²) in [5.41, 5.74) is 1.54. The van der Waals surface area contributed by atoms with Crippen LogP contribution in [-0.2, 0) is 11.0 Å². The number of methoxy groups -OCH3 is 1. The molecule has 28 heavy (non-hydrogen) atoms. The van der Waals surface area contributed by atoms with Crippen LogP contribution in [0.2, 0.25) is 0 Å². The number of rotatable bonds is 7. The summed E-state index contributed by atoms with van der Waals surface area (Å²) in [6.45, 7) is -0.318. The zero-order valence-corrected chi connectivity index (χ0v) is 14.5. The number of hydrogen-bond acceptors (Lipinski definition) is 6. The fourth-order valence-electron chi connectivity index (χ4n) is 2.14. The lowest BCUT2D eigenvalue weighted by Crippen LogP contribution is -2.26. The molecule has 0 bridgehead atoms. The molecule has 0 fully saturated rings. The number of nitrogens with zero attached hydrogens (tertiary/aromatic N) is 2. The number of hydrogen-bond donors (Lipinski definition) is 2. The molecule has 2 rings (SSSR count). The second-order valence-corrected chi connectivity index (χ2v) is 5.41. The molecule has 11 heteroatoms. The Morgan fingerprint density at radius 1 is 1.29 bits per heavy atom. The van der Waals surface area contributed by atoms with Crippen molar-refractivity contribution >= 4 is 23.5 Å². The average molecular weight is 396 g/mol. The van der Waals surface area contributed by atoms with E-state index >= 15 is 0 Å². The van der Waals surface area contributed by atoms with Crippen LogP contribution in [0.4, 0.5) is 24.5 Å². The topological polar surface area (TPSA) is 106 Å². The number of amides is 1. The first-order valence-electron chi connectivity index (χ1n) is 7.76. The number of hydrazone groups is 1. The highest BCUT2D eigenvalue weighted by molar-refractivity contribution is 5.85. The van der Waals surface area contributed by atoms with Gasteiger partial charge in [0.05, 0.1) is 30.4 Å². The van der Waals surface area contributed by atoms with Gasteiger partial charge in [0, 0.05) is 17.3 Å². The average Bonchev–Trinajstić information content (AvgIpc) is 2.65. The van der Waals surface area contributed by atoms with Crippen molar-refractivity contribution in [1.82, 2.24) is 5.43 Å². The molecule has 0 unspecified atom stereocenters. The SMILES string of the molecule is COc1ccc(/C=N\NC(=O)CNc2cccc(C(F)(F)F)c2)cc1[N+](=O)[O-]. The second kappa shape index (κ2) is 8.84. The van der Waals surface area contributed by atoms with Gasteiger partial charge < -0.3 is 10.1 Å². The minimum Gasteiger partial charge on any atom is -0.490 e. The van der Waals surface area contributed by atoms with E-state index in [-0.39, 0.29) is 23.7 Å². The van der Waals surface area contributed by atoms with Crippen LogP contribution in [-0.4, -0.2) is 30.7 Å². The largest absolute Gasteiger partial charge is 0.490 e. The summed E-state index contributed by atoms with van der Waals surface area (Å²) in [6.07, 6.45) is -3.29. The molecule has 148 valence electrons. The number of carbonyl (C=O) groups excluding carboxylic acids is 1.